The molecule has 1 saturated heterocycles. The zero-order valence-electron chi connectivity index (χ0n) is 16.8. The van der Waals surface area contributed by atoms with Crippen LogP contribution < -0.4 is 10.5 Å². The standard InChI is InChI=1S/C21H27ClN4O3/c1-15(2)26-18(7-9-24-26)20(28)25-10-4-8-21(13-25,12-19(23)27)14-29-17-6-3-5-16(22)11-17/h3,5-7,9,11,15H,4,8,10,12-14H2,1-2H3,(H2,23,27)/t21-/m1/s1. The van der Waals surface area contributed by atoms with Crippen LogP contribution in [0.15, 0.2) is 36.5 Å². The molecule has 0 unspecified atom stereocenters. The number of hydrogen-bond acceptors (Lipinski definition) is 4. The summed E-state index contributed by atoms with van der Waals surface area (Å²) in [5.74, 6) is 0.136. The molecule has 8 heteroatoms. The molecular formula is C21H27ClN4O3. The highest BCUT2D eigenvalue weighted by Crippen LogP contribution is 2.35. The molecule has 3 rings (SSSR count). The summed E-state index contributed by atoms with van der Waals surface area (Å²) >= 11 is 6.03. The average molecular weight is 419 g/mol. The number of carbonyl (C=O) groups is 2. The van der Waals surface area contributed by atoms with Crippen LogP contribution in [-0.2, 0) is 4.79 Å². The van der Waals surface area contributed by atoms with Crippen LogP contribution >= 0.6 is 11.6 Å². The molecule has 156 valence electrons. The molecule has 1 aliphatic heterocycles. The van der Waals surface area contributed by atoms with Crippen molar-refractivity contribution in [2.75, 3.05) is 19.7 Å². The van der Waals surface area contributed by atoms with E-state index in [1.807, 2.05) is 26.0 Å². The molecule has 29 heavy (non-hydrogen) atoms. The van der Waals surface area contributed by atoms with E-state index >= 15 is 0 Å². The van der Waals surface area contributed by atoms with Gasteiger partial charge >= 0.3 is 0 Å². The number of rotatable bonds is 7. The zero-order chi connectivity index (χ0) is 21.0. The second kappa shape index (κ2) is 8.86. The summed E-state index contributed by atoms with van der Waals surface area (Å²) < 4.78 is 7.68. The fourth-order valence-corrected chi connectivity index (χ4v) is 4.09. The molecule has 2 amide bonds. The van der Waals surface area contributed by atoms with Gasteiger partial charge in [0.15, 0.2) is 0 Å². The lowest BCUT2D eigenvalue weighted by atomic mass is 9.77. The van der Waals surface area contributed by atoms with E-state index in [1.54, 1.807) is 34.0 Å². The first-order valence-electron chi connectivity index (χ1n) is 9.79. The van der Waals surface area contributed by atoms with Gasteiger partial charge < -0.3 is 15.4 Å². The van der Waals surface area contributed by atoms with E-state index < -0.39 is 11.3 Å². The number of halogens is 1. The van der Waals surface area contributed by atoms with Gasteiger partial charge in [0.1, 0.15) is 11.4 Å². The number of benzene rings is 1. The topological polar surface area (TPSA) is 90.4 Å². The van der Waals surface area contributed by atoms with Crippen LogP contribution in [0.25, 0.3) is 0 Å². The molecule has 0 spiro atoms. The maximum atomic E-state index is 13.2. The molecular weight excluding hydrogens is 392 g/mol. The van der Waals surface area contributed by atoms with Crippen LogP contribution in [-0.4, -0.2) is 46.2 Å². The second-order valence-electron chi connectivity index (χ2n) is 7.97. The van der Waals surface area contributed by atoms with Gasteiger partial charge in [0.05, 0.1) is 6.61 Å². The fourth-order valence-electron chi connectivity index (χ4n) is 3.91. The first kappa shape index (κ1) is 21.2. The highest BCUT2D eigenvalue weighted by molar-refractivity contribution is 6.30. The van der Waals surface area contributed by atoms with E-state index in [0.717, 1.165) is 12.8 Å². The number of primary amides is 1. The van der Waals surface area contributed by atoms with Gasteiger partial charge in [0.2, 0.25) is 5.91 Å². The minimum absolute atomic E-state index is 0.0790. The monoisotopic (exact) mass is 418 g/mol. The van der Waals surface area contributed by atoms with E-state index in [-0.39, 0.29) is 25.0 Å². The largest absolute Gasteiger partial charge is 0.493 e. The fraction of sp³-hybridized carbons (Fsp3) is 0.476. The van der Waals surface area contributed by atoms with Gasteiger partial charge in [-0.15, -0.1) is 0 Å². The van der Waals surface area contributed by atoms with Crippen molar-refractivity contribution in [3.05, 3.63) is 47.2 Å². The molecule has 0 bridgehead atoms. The van der Waals surface area contributed by atoms with Crippen molar-refractivity contribution in [2.45, 2.75) is 39.2 Å². The Morgan fingerprint density at radius 2 is 2.14 bits per heavy atom. The maximum absolute atomic E-state index is 13.2. The summed E-state index contributed by atoms with van der Waals surface area (Å²) in [5.41, 5.74) is 5.56. The van der Waals surface area contributed by atoms with Crippen LogP contribution in [0.4, 0.5) is 0 Å². The van der Waals surface area contributed by atoms with E-state index in [4.69, 9.17) is 22.1 Å². The number of ether oxygens (including phenoxy) is 1. The Balaban J connectivity index is 1.79. The Bertz CT molecular complexity index is 882. The van der Waals surface area contributed by atoms with Gasteiger partial charge in [-0.05, 0) is 51.0 Å². The molecule has 0 aliphatic carbocycles. The summed E-state index contributed by atoms with van der Waals surface area (Å²) in [7, 11) is 0. The number of carbonyl (C=O) groups excluding carboxylic acids is 2. The van der Waals surface area contributed by atoms with E-state index in [9.17, 15) is 9.59 Å². The number of amides is 2. The van der Waals surface area contributed by atoms with Gasteiger partial charge in [0, 0.05) is 42.2 Å². The van der Waals surface area contributed by atoms with Gasteiger partial charge in [-0.2, -0.15) is 5.10 Å². The van der Waals surface area contributed by atoms with Crippen molar-refractivity contribution in [1.82, 2.24) is 14.7 Å². The molecule has 2 aromatic rings. The van der Waals surface area contributed by atoms with Crippen LogP contribution in [0.5, 0.6) is 5.75 Å². The third-order valence-corrected chi connectivity index (χ3v) is 5.45. The normalized spacial score (nSPS) is 19.4. The zero-order valence-corrected chi connectivity index (χ0v) is 17.6. The van der Waals surface area contributed by atoms with Gasteiger partial charge in [-0.3, -0.25) is 14.3 Å². The van der Waals surface area contributed by atoms with Crippen LogP contribution in [0.2, 0.25) is 5.02 Å². The summed E-state index contributed by atoms with van der Waals surface area (Å²) in [6, 6.07) is 8.93. The lowest BCUT2D eigenvalue weighted by molar-refractivity contribution is -0.122. The summed E-state index contributed by atoms with van der Waals surface area (Å²) in [4.78, 5) is 26.8. The molecule has 2 N–H and O–H groups in total. The Morgan fingerprint density at radius 1 is 1.34 bits per heavy atom. The molecule has 7 nitrogen and oxygen atoms in total. The lowest BCUT2D eigenvalue weighted by Gasteiger charge is -2.42. The Labute approximate surface area is 175 Å². The molecule has 0 radical (unpaired) electrons. The minimum atomic E-state index is -0.537. The summed E-state index contributed by atoms with van der Waals surface area (Å²) in [6.07, 6.45) is 3.31. The highest BCUT2D eigenvalue weighted by atomic mass is 35.5. The van der Waals surface area contributed by atoms with E-state index in [1.165, 1.54) is 0 Å². The summed E-state index contributed by atoms with van der Waals surface area (Å²) in [6.45, 7) is 5.27. The number of piperidine rings is 1. The van der Waals surface area contributed by atoms with Gasteiger partial charge in [0.25, 0.3) is 5.91 Å². The van der Waals surface area contributed by atoms with E-state index in [0.29, 0.717) is 29.6 Å². The number of likely N-dealkylation sites (tertiary alicyclic amines) is 1. The van der Waals surface area contributed by atoms with Gasteiger partial charge in [-0.1, -0.05) is 17.7 Å². The molecule has 2 heterocycles. The number of nitrogens with two attached hydrogens (primary N) is 1. The number of nitrogens with zero attached hydrogens (tertiary/aromatic N) is 3. The minimum Gasteiger partial charge on any atom is -0.493 e. The maximum Gasteiger partial charge on any atom is 0.272 e. The molecule has 1 aromatic carbocycles. The number of hydrogen-bond donors (Lipinski definition) is 1. The molecule has 1 atom stereocenters. The molecule has 1 aliphatic rings. The predicted octanol–water partition coefficient (Wildman–Crippen LogP) is 3.29. The first-order chi connectivity index (χ1) is 13.8. The van der Waals surface area contributed by atoms with Crippen molar-refractivity contribution in [3.8, 4) is 5.75 Å². The predicted molar refractivity (Wildman–Crippen MR) is 111 cm³/mol. The Kier molecular flexibility index (Phi) is 6.47. The third-order valence-electron chi connectivity index (χ3n) is 5.22. The average Bonchev–Trinajstić information content (AvgIpc) is 3.16. The Morgan fingerprint density at radius 3 is 2.83 bits per heavy atom. The van der Waals surface area contributed by atoms with Crippen molar-refractivity contribution >= 4 is 23.4 Å². The van der Waals surface area contributed by atoms with Crippen molar-refractivity contribution in [1.29, 1.82) is 0 Å². The van der Waals surface area contributed by atoms with E-state index in [2.05, 4.69) is 5.10 Å². The third kappa shape index (κ3) is 5.09. The van der Waals surface area contributed by atoms with Gasteiger partial charge in [-0.25, -0.2) is 0 Å². The number of aromatic nitrogens is 2. The SMILES string of the molecule is CC(C)n1nccc1C(=O)N1CCC[C@@](COc2cccc(Cl)c2)(CC(N)=O)C1. The summed E-state index contributed by atoms with van der Waals surface area (Å²) in [5, 5.41) is 4.84. The van der Waals surface area contributed by atoms with Crippen molar-refractivity contribution in [3.63, 3.8) is 0 Å². The molecule has 1 fully saturated rings. The molecule has 1 aromatic heterocycles. The lowest BCUT2D eigenvalue weighted by Crippen LogP contribution is -2.50. The van der Waals surface area contributed by atoms with Crippen LogP contribution in [0, 0.1) is 5.41 Å². The molecule has 0 saturated carbocycles. The highest BCUT2D eigenvalue weighted by Gasteiger charge is 2.40. The van der Waals surface area contributed by atoms with Crippen LogP contribution in [0.1, 0.15) is 49.6 Å². The van der Waals surface area contributed by atoms with Crippen molar-refractivity contribution < 1.29 is 14.3 Å². The first-order valence-corrected chi connectivity index (χ1v) is 10.2. The smallest absolute Gasteiger partial charge is 0.272 e. The quantitative estimate of drug-likeness (QED) is 0.746. The van der Waals surface area contributed by atoms with Crippen molar-refractivity contribution in [2.24, 2.45) is 11.1 Å². The van der Waals surface area contributed by atoms with Crippen LogP contribution in [0.3, 0.4) is 0 Å². The second-order valence-corrected chi connectivity index (χ2v) is 8.41. The Hall–Kier alpha value is -2.54.